The summed E-state index contributed by atoms with van der Waals surface area (Å²) in [7, 11) is 0. The fraction of sp³-hybridized carbons (Fsp3) is 0.625. The van der Waals surface area contributed by atoms with Gasteiger partial charge in [0.2, 0.25) is 0 Å². The maximum atomic E-state index is 13.4. The van der Waals surface area contributed by atoms with Crippen molar-refractivity contribution in [3.8, 4) is 0 Å². The summed E-state index contributed by atoms with van der Waals surface area (Å²) in [5, 5.41) is 0. The van der Waals surface area contributed by atoms with Crippen LogP contribution >= 0.6 is 0 Å². The highest BCUT2D eigenvalue weighted by Crippen LogP contribution is 2.23. The maximum Gasteiger partial charge on any atom is 0.159 e. The molecule has 1 fully saturated rings. The van der Waals surface area contributed by atoms with Crippen LogP contribution in [0.3, 0.4) is 0 Å². The van der Waals surface area contributed by atoms with Gasteiger partial charge in [-0.05, 0) is 23.6 Å². The minimum absolute atomic E-state index is 0.0405. The molecule has 0 amide bonds. The third-order valence-electron chi connectivity index (χ3n) is 4.02. The minimum Gasteiger partial charge on any atom is -0.329 e. The second-order valence-electron chi connectivity index (χ2n) is 6.16. The Morgan fingerprint density at radius 2 is 1.76 bits per heavy atom. The van der Waals surface area contributed by atoms with Crippen LogP contribution in [-0.4, -0.2) is 49.1 Å². The number of halogens is 2. The van der Waals surface area contributed by atoms with Crippen LogP contribution in [0.5, 0.6) is 0 Å². The predicted octanol–water partition coefficient (Wildman–Crippen LogP) is 2.24. The number of hydrogen-bond acceptors (Lipinski definition) is 3. The molecule has 2 N–H and O–H groups in total. The number of rotatable bonds is 5. The van der Waals surface area contributed by atoms with Crippen LogP contribution in [0.25, 0.3) is 0 Å². The highest BCUT2D eigenvalue weighted by atomic mass is 19.2. The molecule has 0 aromatic heterocycles. The highest BCUT2D eigenvalue weighted by molar-refractivity contribution is 5.22. The van der Waals surface area contributed by atoms with Crippen molar-refractivity contribution in [2.45, 2.75) is 19.9 Å². The van der Waals surface area contributed by atoms with Crippen LogP contribution in [-0.2, 0) is 0 Å². The van der Waals surface area contributed by atoms with Crippen LogP contribution in [0.4, 0.5) is 8.78 Å². The molecule has 0 bridgehead atoms. The molecule has 118 valence electrons. The Hall–Kier alpha value is -1.04. The van der Waals surface area contributed by atoms with Crippen LogP contribution in [0.1, 0.15) is 25.5 Å². The second kappa shape index (κ2) is 7.29. The molecule has 1 saturated heterocycles. The number of hydrogen-bond donors (Lipinski definition) is 1. The number of nitrogens with two attached hydrogens (primary N) is 1. The van der Waals surface area contributed by atoms with Gasteiger partial charge < -0.3 is 10.6 Å². The van der Waals surface area contributed by atoms with Gasteiger partial charge in [-0.15, -0.1) is 0 Å². The number of benzene rings is 1. The Morgan fingerprint density at radius 1 is 1.10 bits per heavy atom. The lowest BCUT2D eigenvalue weighted by Crippen LogP contribution is -2.49. The van der Waals surface area contributed by atoms with E-state index in [9.17, 15) is 8.78 Å². The predicted molar refractivity (Wildman–Crippen MR) is 81.0 cm³/mol. The van der Waals surface area contributed by atoms with Crippen molar-refractivity contribution in [2.75, 3.05) is 39.3 Å². The monoisotopic (exact) mass is 297 g/mol. The van der Waals surface area contributed by atoms with Crippen molar-refractivity contribution in [3.63, 3.8) is 0 Å². The zero-order valence-electron chi connectivity index (χ0n) is 12.9. The van der Waals surface area contributed by atoms with E-state index in [4.69, 9.17) is 5.73 Å². The lowest BCUT2D eigenvalue weighted by Gasteiger charge is -2.39. The van der Waals surface area contributed by atoms with E-state index >= 15 is 0 Å². The standard InChI is InChI=1S/C16H25F2N3/c1-12(2)11-20-5-7-21(8-6-20)16(10-19)13-3-4-14(17)15(18)9-13/h3-4,9,12,16H,5-8,10-11,19H2,1-2H3. The van der Waals surface area contributed by atoms with Gasteiger partial charge in [-0.3, -0.25) is 4.90 Å². The maximum absolute atomic E-state index is 13.4. The van der Waals surface area contributed by atoms with Gasteiger partial charge in [0.05, 0.1) is 0 Å². The quantitative estimate of drug-likeness (QED) is 0.904. The summed E-state index contributed by atoms with van der Waals surface area (Å²) in [6.45, 7) is 9.77. The van der Waals surface area contributed by atoms with Gasteiger partial charge in [-0.1, -0.05) is 19.9 Å². The molecule has 21 heavy (non-hydrogen) atoms. The van der Waals surface area contributed by atoms with Crippen LogP contribution < -0.4 is 5.73 Å². The summed E-state index contributed by atoms with van der Waals surface area (Å²) in [5.74, 6) is -0.950. The summed E-state index contributed by atoms with van der Waals surface area (Å²) < 4.78 is 26.5. The second-order valence-corrected chi connectivity index (χ2v) is 6.16. The van der Waals surface area contributed by atoms with Gasteiger partial charge in [0.1, 0.15) is 0 Å². The van der Waals surface area contributed by atoms with E-state index in [0.717, 1.165) is 38.3 Å². The number of nitrogens with zero attached hydrogens (tertiary/aromatic N) is 2. The van der Waals surface area contributed by atoms with Crippen molar-refractivity contribution in [2.24, 2.45) is 11.7 Å². The zero-order chi connectivity index (χ0) is 15.4. The molecule has 1 atom stereocenters. The van der Waals surface area contributed by atoms with Crippen LogP contribution in [0, 0.1) is 17.6 Å². The summed E-state index contributed by atoms with van der Waals surface area (Å²) >= 11 is 0. The van der Waals surface area contributed by atoms with E-state index < -0.39 is 11.6 Å². The lowest BCUT2D eigenvalue weighted by atomic mass is 10.0. The molecular formula is C16H25F2N3. The molecule has 0 spiro atoms. The van der Waals surface area contributed by atoms with Gasteiger partial charge in [-0.25, -0.2) is 8.78 Å². The fourth-order valence-electron chi connectivity index (χ4n) is 2.99. The smallest absolute Gasteiger partial charge is 0.159 e. The van der Waals surface area contributed by atoms with E-state index in [1.165, 1.54) is 12.1 Å². The average molecular weight is 297 g/mol. The van der Waals surface area contributed by atoms with E-state index in [0.29, 0.717) is 12.5 Å². The fourth-order valence-corrected chi connectivity index (χ4v) is 2.99. The first kappa shape index (κ1) is 16.3. The van der Waals surface area contributed by atoms with E-state index in [1.807, 2.05) is 0 Å². The van der Waals surface area contributed by atoms with Crippen molar-refractivity contribution in [1.29, 1.82) is 0 Å². The topological polar surface area (TPSA) is 32.5 Å². The van der Waals surface area contributed by atoms with E-state index in [1.54, 1.807) is 6.07 Å². The van der Waals surface area contributed by atoms with Gasteiger partial charge in [0.15, 0.2) is 11.6 Å². The molecule has 1 aromatic rings. The lowest BCUT2D eigenvalue weighted by molar-refractivity contribution is 0.0911. The van der Waals surface area contributed by atoms with E-state index in [2.05, 4.69) is 23.6 Å². The van der Waals surface area contributed by atoms with Crippen LogP contribution in [0.15, 0.2) is 18.2 Å². The molecular weight excluding hydrogens is 272 g/mol. The van der Waals surface area contributed by atoms with Gasteiger partial charge >= 0.3 is 0 Å². The molecule has 1 heterocycles. The summed E-state index contributed by atoms with van der Waals surface area (Å²) in [5.41, 5.74) is 6.63. The Morgan fingerprint density at radius 3 is 2.29 bits per heavy atom. The van der Waals surface area contributed by atoms with Crippen molar-refractivity contribution in [3.05, 3.63) is 35.4 Å². The Kier molecular flexibility index (Phi) is 5.67. The molecule has 0 aliphatic carbocycles. The first-order valence-corrected chi connectivity index (χ1v) is 7.62. The molecule has 1 aliphatic rings. The average Bonchev–Trinajstić information content (AvgIpc) is 2.45. The third-order valence-corrected chi connectivity index (χ3v) is 4.02. The van der Waals surface area contributed by atoms with Gasteiger partial charge in [-0.2, -0.15) is 0 Å². The first-order valence-electron chi connectivity index (χ1n) is 7.62. The molecule has 1 aliphatic heterocycles. The Bertz CT molecular complexity index is 457. The Balaban J connectivity index is 2.00. The molecule has 1 aromatic carbocycles. The largest absolute Gasteiger partial charge is 0.329 e. The first-order chi connectivity index (χ1) is 10.0. The van der Waals surface area contributed by atoms with Gasteiger partial charge in [0, 0.05) is 45.3 Å². The highest BCUT2D eigenvalue weighted by Gasteiger charge is 2.24. The van der Waals surface area contributed by atoms with E-state index in [-0.39, 0.29) is 6.04 Å². The van der Waals surface area contributed by atoms with Gasteiger partial charge in [0.25, 0.3) is 0 Å². The normalized spacial score (nSPS) is 19.1. The third kappa shape index (κ3) is 4.22. The summed E-state index contributed by atoms with van der Waals surface area (Å²) in [4.78, 5) is 4.71. The molecule has 5 heteroatoms. The molecule has 1 unspecified atom stereocenters. The molecule has 3 nitrogen and oxygen atoms in total. The summed E-state index contributed by atoms with van der Waals surface area (Å²) in [6.07, 6.45) is 0. The van der Waals surface area contributed by atoms with Crippen molar-refractivity contribution in [1.82, 2.24) is 9.80 Å². The Labute approximate surface area is 125 Å². The van der Waals surface area contributed by atoms with Crippen LogP contribution in [0.2, 0.25) is 0 Å². The SMILES string of the molecule is CC(C)CN1CCN(C(CN)c2ccc(F)c(F)c2)CC1. The number of piperazine rings is 1. The molecule has 2 rings (SSSR count). The van der Waals surface area contributed by atoms with Crippen molar-refractivity contribution >= 4 is 0 Å². The molecule has 0 saturated carbocycles. The minimum atomic E-state index is -0.809. The summed E-state index contributed by atoms with van der Waals surface area (Å²) in [6, 6.07) is 4.05. The molecule has 0 radical (unpaired) electrons. The zero-order valence-corrected chi connectivity index (χ0v) is 12.9. The van der Waals surface area contributed by atoms with Crippen molar-refractivity contribution < 1.29 is 8.78 Å².